The Morgan fingerprint density at radius 1 is 1.28 bits per heavy atom. The van der Waals surface area contributed by atoms with Crippen LogP contribution in [0.2, 0.25) is 0 Å². The molecule has 0 unspecified atom stereocenters. The largest absolute Gasteiger partial charge is 0.495 e. The topological polar surface area (TPSA) is 75.7 Å². The average Bonchev–Trinajstić information content (AvgIpc) is 3.18. The number of nitrogens with zero attached hydrogens (tertiary/aromatic N) is 1. The summed E-state index contributed by atoms with van der Waals surface area (Å²) in [6.45, 7) is 0.639. The molecule has 1 atom stereocenters. The van der Waals surface area contributed by atoms with Gasteiger partial charge < -0.3 is 10.1 Å². The summed E-state index contributed by atoms with van der Waals surface area (Å²) < 4.78 is 32.3. The Morgan fingerprint density at radius 2 is 2.08 bits per heavy atom. The number of benzene rings is 1. The molecule has 1 amide bonds. The molecule has 1 saturated heterocycles. The third kappa shape index (κ3) is 3.86. The predicted octanol–water partition coefficient (Wildman–Crippen LogP) is 2.80. The van der Waals surface area contributed by atoms with Crippen LogP contribution in [0.5, 0.6) is 5.75 Å². The van der Waals surface area contributed by atoms with Gasteiger partial charge in [0.15, 0.2) is 0 Å². The second kappa shape index (κ2) is 7.55. The highest BCUT2D eigenvalue weighted by Gasteiger charge is 2.34. The second-order valence-electron chi connectivity index (χ2n) is 5.82. The van der Waals surface area contributed by atoms with Gasteiger partial charge in [-0.3, -0.25) is 4.79 Å². The highest BCUT2D eigenvalue weighted by molar-refractivity contribution is 7.91. The lowest BCUT2D eigenvalue weighted by Gasteiger charge is -2.30. The lowest BCUT2D eigenvalue weighted by atomic mass is 9.98. The number of amides is 1. The van der Waals surface area contributed by atoms with E-state index in [4.69, 9.17) is 4.74 Å². The Bertz CT molecular complexity index is 834. The third-order valence-corrected chi connectivity index (χ3v) is 7.45. The third-order valence-electron chi connectivity index (χ3n) is 4.21. The number of ether oxygens (including phenoxy) is 1. The summed E-state index contributed by atoms with van der Waals surface area (Å²) in [5, 5.41) is 4.59. The molecule has 0 saturated carbocycles. The number of para-hydroxylation sites is 2. The van der Waals surface area contributed by atoms with Crippen LogP contribution in [0, 0.1) is 5.92 Å². The molecule has 1 aliphatic rings. The highest BCUT2D eigenvalue weighted by atomic mass is 32.2. The molecule has 1 aromatic heterocycles. The van der Waals surface area contributed by atoms with Crippen LogP contribution < -0.4 is 10.1 Å². The van der Waals surface area contributed by atoms with E-state index in [0.29, 0.717) is 35.0 Å². The summed E-state index contributed by atoms with van der Waals surface area (Å²) >= 11 is 1.19. The van der Waals surface area contributed by atoms with Crippen LogP contribution >= 0.6 is 11.3 Å². The number of hydrogen-bond acceptors (Lipinski definition) is 5. The van der Waals surface area contributed by atoms with Crippen LogP contribution in [0.1, 0.15) is 12.8 Å². The first-order valence-corrected chi connectivity index (χ1v) is 10.3. The minimum atomic E-state index is -3.52. The van der Waals surface area contributed by atoms with Gasteiger partial charge in [0.05, 0.1) is 18.7 Å². The molecule has 25 heavy (non-hydrogen) atoms. The molecular formula is C17H20N2O4S2. The molecule has 8 heteroatoms. The van der Waals surface area contributed by atoms with Gasteiger partial charge in [-0.05, 0) is 36.4 Å². The zero-order valence-electron chi connectivity index (χ0n) is 13.8. The van der Waals surface area contributed by atoms with Crippen LogP contribution in [-0.4, -0.2) is 38.8 Å². The zero-order chi connectivity index (χ0) is 17.9. The van der Waals surface area contributed by atoms with Gasteiger partial charge in [0.2, 0.25) is 5.91 Å². The summed E-state index contributed by atoms with van der Waals surface area (Å²) in [4.78, 5) is 12.6. The van der Waals surface area contributed by atoms with E-state index in [2.05, 4.69) is 5.32 Å². The fourth-order valence-electron chi connectivity index (χ4n) is 2.89. The van der Waals surface area contributed by atoms with Gasteiger partial charge in [-0.25, -0.2) is 8.42 Å². The van der Waals surface area contributed by atoms with Crippen molar-refractivity contribution in [2.75, 3.05) is 25.5 Å². The average molecular weight is 380 g/mol. The molecule has 0 spiro atoms. The summed E-state index contributed by atoms with van der Waals surface area (Å²) in [5.41, 5.74) is 0.591. The standard InChI is InChI=1S/C17H20N2O4S2/c1-23-15-8-3-2-7-14(15)18-17(20)13-6-4-10-19(12-13)25(21,22)16-9-5-11-24-16/h2-3,5,7-9,11,13H,4,6,10,12H2,1H3,(H,18,20)/t13-/m0/s1. The van der Waals surface area contributed by atoms with Crippen molar-refractivity contribution < 1.29 is 17.9 Å². The molecule has 2 heterocycles. The van der Waals surface area contributed by atoms with Crippen molar-refractivity contribution in [3.8, 4) is 5.75 Å². The minimum absolute atomic E-state index is 0.185. The van der Waals surface area contributed by atoms with Crippen LogP contribution in [0.15, 0.2) is 46.0 Å². The first-order chi connectivity index (χ1) is 12.0. The van der Waals surface area contributed by atoms with E-state index in [1.54, 1.807) is 36.8 Å². The molecule has 0 bridgehead atoms. The van der Waals surface area contributed by atoms with Crippen molar-refractivity contribution in [2.24, 2.45) is 5.92 Å². The maximum Gasteiger partial charge on any atom is 0.252 e. The van der Waals surface area contributed by atoms with Crippen molar-refractivity contribution in [3.63, 3.8) is 0 Å². The number of nitrogens with one attached hydrogen (secondary N) is 1. The molecule has 1 N–H and O–H groups in total. The number of methoxy groups -OCH3 is 1. The van der Waals surface area contributed by atoms with E-state index in [0.717, 1.165) is 0 Å². The van der Waals surface area contributed by atoms with E-state index in [-0.39, 0.29) is 18.4 Å². The molecule has 134 valence electrons. The number of thiophene rings is 1. The Kier molecular flexibility index (Phi) is 5.41. The van der Waals surface area contributed by atoms with Gasteiger partial charge >= 0.3 is 0 Å². The lowest BCUT2D eigenvalue weighted by molar-refractivity contribution is -0.120. The summed E-state index contributed by atoms with van der Waals surface area (Å²) in [7, 11) is -1.98. The van der Waals surface area contributed by atoms with E-state index >= 15 is 0 Å². The maximum absolute atomic E-state index is 12.7. The molecule has 0 aliphatic carbocycles. The number of carbonyl (C=O) groups excluding carboxylic acids is 1. The van der Waals surface area contributed by atoms with Crippen molar-refractivity contribution in [2.45, 2.75) is 17.1 Å². The van der Waals surface area contributed by atoms with E-state index < -0.39 is 10.0 Å². The monoisotopic (exact) mass is 380 g/mol. The molecule has 1 fully saturated rings. The quantitative estimate of drug-likeness (QED) is 0.865. The van der Waals surface area contributed by atoms with Crippen molar-refractivity contribution in [1.82, 2.24) is 4.31 Å². The molecule has 0 radical (unpaired) electrons. The van der Waals surface area contributed by atoms with Crippen LogP contribution in [-0.2, 0) is 14.8 Å². The minimum Gasteiger partial charge on any atom is -0.495 e. The molecule has 6 nitrogen and oxygen atoms in total. The number of piperidine rings is 1. The number of anilines is 1. The maximum atomic E-state index is 12.7. The Morgan fingerprint density at radius 3 is 2.80 bits per heavy atom. The first kappa shape index (κ1) is 17.9. The normalized spacial score (nSPS) is 18.7. The van der Waals surface area contributed by atoms with Crippen molar-refractivity contribution >= 4 is 33.0 Å². The Hall–Kier alpha value is -1.90. The summed E-state index contributed by atoms with van der Waals surface area (Å²) in [6, 6.07) is 10.5. The second-order valence-corrected chi connectivity index (χ2v) is 8.94. The van der Waals surface area contributed by atoms with Crippen molar-refractivity contribution in [1.29, 1.82) is 0 Å². The van der Waals surface area contributed by atoms with Gasteiger partial charge in [0, 0.05) is 13.1 Å². The molecule has 2 aromatic rings. The first-order valence-electron chi connectivity index (χ1n) is 8.00. The lowest BCUT2D eigenvalue weighted by Crippen LogP contribution is -2.43. The SMILES string of the molecule is COc1ccccc1NC(=O)[C@H]1CCCN(S(=O)(=O)c2cccs2)C1. The summed E-state index contributed by atoms with van der Waals surface area (Å²) in [6.07, 6.45) is 1.33. The van der Waals surface area contributed by atoms with E-state index in [1.807, 2.05) is 12.1 Å². The zero-order valence-corrected chi connectivity index (χ0v) is 15.5. The molecular weight excluding hydrogens is 360 g/mol. The van der Waals surface area contributed by atoms with Gasteiger partial charge in [-0.2, -0.15) is 4.31 Å². The molecule has 1 aliphatic heterocycles. The van der Waals surface area contributed by atoms with Crippen LogP contribution in [0.4, 0.5) is 5.69 Å². The predicted molar refractivity (Wildman–Crippen MR) is 97.4 cm³/mol. The van der Waals surface area contributed by atoms with Crippen LogP contribution in [0.3, 0.4) is 0 Å². The molecule has 3 rings (SSSR count). The van der Waals surface area contributed by atoms with Gasteiger partial charge in [0.25, 0.3) is 10.0 Å². The fraction of sp³-hybridized carbons (Fsp3) is 0.353. The number of sulfonamides is 1. The van der Waals surface area contributed by atoms with Gasteiger partial charge in [-0.1, -0.05) is 18.2 Å². The van der Waals surface area contributed by atoms with E-state index in [9.17, 15) is 13.2 Å². The van der Waals surface area contributed by atoms with Crippen molar-refractivity contribution in [3.05, 3.63) is 41.8 Å². The Labute approximate surface area is 151 Å². The summed E-state index contributed by atoms with van der Waals surface area (Å²) in [5.74, 6) is 0.0127. The highest BCUT2D eigenvalue weighted by Crippen LogP contribution is 2.28. The Balaban J connectivity index is 1.72. The number of hydrogen-bond donors (Lipinski definition) is 1. The number of rotatable bonds is 5. The van der Waals surface area contributed by atoms with Crippen LogP contribution in [0.25, 0.3) is 0 Å². The number of carbonyl (C=O) groups is 1. The van der Waals surface area contributed by atoms with Gasteiger partial charge in [0.1, 0.15) is 9.96 Å². The van der Waals surface area contributed by atoms with E-state index in [1.165, 1.54) is 15.6 Å². The smallest absolute Gasteiger partial charge is 0.252 e. The fourth-order valence-corrected chi connectivity index (χ4v) is 5.56. The van der Waals surface area contributed by atoms with Gasteiger partial charge in [-0.15, -0.1) is 11.3 Å². The molecule has 1 aromatic carbocycles.